The number of hydrogen-bond donors (Lipinski definition) is 4. The summed E-state index contributed by atoms with van der Waals surface area (Å²) in [5.41, 5.74) is 5.12. The number of oxime groups is 1. The van der Waals surface area contributed by atoms with Crippen LogP contribution in [0.3, 0.4) is 0 Å². The molecule has 0 unspecified atom stereocenters. The molecule has 14 nitrogen and oxygen atoms in total. The quantitative estimate of drug-likeness (QED) is 0.137. The van der Waals surface area contributed by atoms with Crippen molar-refractivity contribution in [1.82, 2.24) is 15.2 Å². The van der Waals surface area contributed by atoms with E-state index >= 15 is 0 Å². The molecule has 2 amide bonds. The molecule has 1 aromatic rings. The number of ether oxygens (including phenoxy) is 1. The summed E-state index contributed by atoms with van der Waals surface area (Å²) in [4.78, 5) is 68.5. The number of aromatic nitrogens is 1. The van der Waals surface area contributed by atoms with Crippen LogP contribution in [0.15, 0.2) is 21.8 Å². The average molecular weight is 499 g/mol. The van der Waals surface area contributed by atoms with Crippen LogP contribution in [0.1, 0.15) is 12.6 Å². The maximum Gasteiger partial charge on any atom is 0.352 e. The number of nitrogens with one attached hydrogen (secondary N) is 1. The fourth-order valence-electron chi connectivity index (χ4n) is 2.95. The molecule has 0 aromatic carbocycles. The van der Waals surface area contributed by atoms with Gasteiger partial charge in [-0.25, -0.2) is 14.6 Å². The molecule has 1 saturated heterocycles. The Balaban J connectivity index is 1.78. The minimum atomic E-state index is -1.37. The second-order valence-electron chi connectivity index (χ2n) is 6.58. The largest absolute Gasteiger partial charge is 0.479 e. The van der Waals surface area contributed by atoms with Crippen LogP contribution in [0.4, 0.5) is 5.13 Å². The number of esters is 1. The molecule has 0 spiro atoms. The van der Waals surface area contributed by atoms with Crippen molar-refractivity contribution in [2.75, 3.05) is 24.7 Å². The Morgan fingerprint density at radius 2 is 2.09 bits per heavy atom. The summed E-state index contributed by atoms with van der Waals surface area (Å²) in [7, 11) is 0. The molecule has 2 aliphatic rings. The molecule has 3 heterocycles. The van der Waals surface area contributed by atoms with Gasteiger partial charge in [-0.3, -0.25) is 19.3 Å². The third-order valence-electron chi connectivity index (χ3n) is 4.31. The first-order chi connectivity index (χ1) is 15.6. The highest BCUT2D eigenvalue weighted by Gasteiger charge is 2.54. The van der Waals surface area contributed by atoms with E-state index in [9.17, 15) is 29.1 Å². The molecule has 0 aliphatic carbocycles. The van der Waals surface area contributed by atoms with E-state index in [-0.39, 0.29) is 34.5 Å². The first-order valence-corrected chi connectivity index (χ1v) is 11.0. The zero-order chi connectivity index (χ0) is 24.3. The molecular formula is C17H17N5O9S2. The number of nitrogens with two attached hydrogens (primary N) is 1. The molecule has 5 N–H and O–H groups in total. The molecule has 0 saturated carbocycles. The molecule has 0 bridgehead atoms. The Morgan fingerprint density at radius 3 is 2.67 bits per heavy atom. The van der Waals surface area contributed by atoms with Crippen molar-refractivity contribution in [3.63, 3.8) is 0 Å². The molecule has 1 aromatic heterocycles. The van der Waals surface area contributed by atoms with Crippen LogP contribution in [-0.2, 0) is 33.5 Å². The highest BCUT2D eigenvalue weighted by atomic mass is 32.2. The third kappa shape index (κ3) is 5.23. The van der Waals surface area contributed by atoms with Crippen molar-refractivity contribution < 1.29 is 43.8 Å². The number of β-lactam (4-membered cyclic amide) rings is 1. The summed E-state index contributed by atoms with van der Waals surface area (Å²) in [5.74, 6) is -4.72. The Bertz CT molecular complexity index is 1080. The highest BCUT2D eigenvalue weighted by Crippen LogP contribution is 2.40. The molecule has 3 rings (SSSR count). The van der Waals surface area contributed by atoms with Crippen LogP contribution >= 0.6 is 23.1 Å². The number of nitrogen functional groups attached to an aromatic ring is 1. The first kappa shape index (κ1) is 24.0. The van der Waals surface area contributed by atoms with Crippen LogP contribution in [0.5, 0.6) is 0 Å². The summed E-state index contributed by atoms with van der Waals surface area (Å²) in [5, 5.41) is 25.0. The predicted molar refractivity (Wildman–Crippen MR) is 113 cm³/mol. The van der Waals surface area contributed by atoms with Crippen LogP contribution in [-0.4, -0.2) is 85.9 Å². The Labute approximate surface area is 193 Å². The summed E-state index contributed by atoms with van der Waals surface area (Å²) in [6.07, 6.45) is 0. The lowest BCUT2D eigenvalue weighted by molar-refractivity contribution is -0.150. The van der Waals surface area contributed by atoms with Crippen molar-refractivity contribution >= 4 is 63.7 Å². The van der Waals surface area contributed by atoms with Crippen LogP contribution in [0, 0.1) is 0 Å². The number of carboxylic acid groups (broad SMARTS) is 2. The zero-order valence-electron chi connectivity index (χ0n) is 16.8. The van der Waals surface area contributed by atoms with Crippen molar-refractivity contribution in [2.24, 2.45) is 5.16 Å². The third-order valence-corrected chi connectivity index (χ3v) is 6.32. The van der Waals surface area contributed by atoms with Gasteiger partial charge in [-0.1, -0.05) is 5.16 Å². The second kappa shape index (κ2) is 9.86. The first-order valence-electron chi connectivity index (χ1n) is 9.07. The van der Waals surface area contributed by atoms with E-state index in [1.54, 1.807) is 0 Å². The minimum Gasteiger partial charge on any atom is -0.479 e. The second-order valence-corrected chi connectivity index (χ2v) is 8.57. The number of thiazole rings is 1. The van der Waals surface area contributed by atoms with Gasteiger partial charge in [0, 0.05) is 23.6 Å². The predicted octanol–water partition coefficient (Wildman–Crippen LogP) is -1.17. The Hall–Kier alpha value is -3.66. The fraction of sp³-hybridized carbons (Fsp3) is 0.353. The Kier molecular flexibility index (Phi) is 7.17. The summed E-state index contributed by atoms with van der Waals surface area (Å²) < 4.78 is 4.86. The van der Waals surface area contributed by atoms with E-state index < -0.39 is 53.5 Å². The molecule has 33 heavy (non-hydrogen) atoms. The number of fused-ring (bicyclic) bond motifs is 1. The van der Waals surface area contributed by atoms with Crippen molar-refractivity contribution in [2.45, 2.75) is 18.3 Å². The number of nitrogens with zero attached hydrogens (tertiary/aromatic N) is 3. The molecule has 16 heteroatoms. The molecule has 2 atom stereocenters. The van der Waals surface area contributed by atoms with Gasteiger partial charge in [-0.05, 0) is 0 Å². The summed E-state index contributed by atoms with van der Waals surface area (Å²) in [6, 6.07) is -1.09. The minimum absolute atomic E-state index is 0.00935. The van der Waals surface area contributed by atoms with Crippen LogP contribution in [0.2, 0.25) is 0 Å². The topological polar surface area (TPSA) is 211 Å². The summed E-state index contributed by atoms with van der Waals surface area (Å²) >= 11 is 2.18. The van der Waals surface area contributed by atoms with Gasteiger partial charge in [0.25, 0.3) is 11.8 Å². The van der Waals surface area contributed by atoms with Gasteiger partial charge in [-0.15, -0.1) is 23.1 Å². The zero-order valence-corrected chi connectivity index (χ0v) is 18.5. The fourth-order valence-corrected chi connectivity index (χ4v) is 4.82. The number of rotatable bonds is 9. The lowest BCUT2D eigenvalue weighted by Crippen LogP contribution is -2.71. The van der Waals surface area contributed by atoms with Gasteiger partial charge >= 0.3 is 17.9 Å². The van der Waals surface area contributed by atoms with Gasteiger partial charge in [0.1, 0.15) is 29.4 Å². The molecule has 176 valence electrons. The number of carbonyl (C=O) groups excluding carboxylic acids is 3. The number of anilines is 1. The van der Waals surface area contributed by atoms with Crippen LogP contribution < -0.4 is 11.1 Å². The standard InChI is InChI=1S/C17H17N5O9S2/c1-6(23)30-2-7-4-32-15-11(14(27)22(15)12(7)16(28)29)20-13(26)10(21-31-3-9(24)25)8-5-33-17(18)19-8/h5,11,15H,2-4H2,1H3,(H2,18,19)(H,20,26)(H,24,25)(H,28,29)/t11-,15+/m1/s1. The monoisotopic (exact) mass is 499 g/mol. The van der Waals surface area contributed by atoms with E-state index in [0.29, 0.717) is 0 Å². The smallest absolute Gasteiger partial charge is 0.352 e. The Morgan fingerprint density at radius 1 is 1.36 bits per heavy atom. The lowest BCUT2D eigenvalue weighted by Gasteiger charge is -2.49. The van der Waals surface area contributed by atoms with E-state index in [1.165, 1.54) is 24.1 Å². The normalized spacial score (nSPS) is 20.0. The van der Waals surface area contributed by atoms with Crippen LogP contribution in [0.25, 0.3) is 0 Å². The van der Waals surface area contributed by atoms with Gasteiger partial charge in [0.15, 0.2) is 10.8 Å². The number of thioether (sulfide) groups is 1. The van der Waals surface area contributed by atoms with E-state index in [1.807, 2.05) is 0 Å². The van der Waals surface area contributed by atoms with E-state index in [0.717, 1.165) is 16.2 Å². The number of carboxylic acids is 2. The van der Waals surface area contributed by atoms with Gasteiger partial charge in [0.05, 0.1) is 0 Å². The number of carbonyl (C=O) groups is 5. The van der Waals surface area contributed by atoms with Crippen molar-refractivity contribution in [1.29, 1.82) is 0 Å². The van der Waals surface area contributed by atoms with Crippen molar-refractivity contribution in [3.8, 4) is 0 Å². The lowest BCUT2D eigenvalue weighted by atomic mass is 10.0. The molecule has 2 aliphatic heterocycles. The van der Waals surface area contributed by atoms with E-state index in [4.69, 9.17) is 15.6 Å². The SMILES string of the molecule is CC(=O)OCC1=C(C(=O)O)N2C(=O)[C@@H](NC(=O)C(=NOCC(=O)O)c3csc(N)n3)[C@@H]2SC1. The van der Waals surface area contributed by atoms with Gasteiger partial charge in [0.2, 0.25) is 6.61 Å². The average Bonchev–Trinajstić information content (AvgIpc) is 3.17. The molecule has 0 radical (unpaired) electrons. The maximum absolute atomic E-state index is 12.8. The maximum atomic E-state index is 12.8. The number of amides is 2. The number of aliphatic carboxylic acids is 2. The van der Waals surface area contributed by atoms with Gasteiger partial charge in [-0.2, -0.15) is 0 Å². The molecule has 1 fully saturated rings. The molecular weight excluding hydrogens is 482 g/mol. The van der Waals surface area contributed by atoms with E-state index in [2.05, 4.69) is 20.3 Å². The highest BCUT2D eigenvalue weighted by molar-refractivity contribution is 8.00. The summed E-state index contributed by atoms with van der Waals surface area (Å²) in [6.45, 7) is 0.0821. The van der Waals surface area contributed by atoms with Crippen molar-refractivity contribution in [3.05, 3.63) is 22.3 Å². The number of hydrogen-bond acceptors (Lipinski definition) is 12. The van der Waals surface area contributed by atoms with Gasteiger partial charge < -0.3 is 30.8 Å².